The number of likely N-dealkylation sites (N-methyl/N-ethyl adjacent to an activating group) is 1. The third kappa shape index (κ3) is 5.90. The van der Waals surface area contributed by atoms with Crippen LogP contribution in [-0.2, 0) is 11.4 Å². The van der Waals surface area contributed by atoms with Crippen LogP contribution in [0.5, 0.6) is 11.5 Å². The van der Waals surface area contributed by atoms with E-state index in [0.29, 0.717) is 45.4 Å². The molecule has 0 radical (unpaired) electrons. The number of hydrogen-bond donors (Lipinski definition) is 1. The predicted octanol–water partition coefficient (Wildman–Crippen LogP) is 6.25. The standard InChI is InChI=1S/C27H23ClN2O5S/c1-3-30-25(31)24(36-27(30)29-21-11-7-19(8-12-21)26(32)33)15-18-6-13-22(23(14-18)34-2)35-16-17-4-9-20(28)10-5-17/h4-15H,3,16H2,1-2H3,(H,32,33)/b24-15-,29-27?. The molecule has 36 heavy (non-hydrogen) atoms. The van der Waals surface area contributed by atoms with Crippen LogP contribution in [0.4, 0.5) is 5.69 Å². The molecular formula is C27H23ClN2O5S. The van der Waals surface area contributed by atoms with E-state index < -0.39 is 5.97 Å². The van der Waals surface area contributed by atoms with E-state index in [2.05, 4.69) is 4.99 Å². The van der Waals surface area contributed by atoms with E-state index in [0.717, 1.165) is 11.1 Å². The Labute approximate surface area is 218 Å². The summed E-state index contributed by atoms with van der Waals surface area (Å²) in [6.07, 6.45) is 1.79. The molecule has 1 fully saturated rings. The van der Waals surface area contributed by atoms with Gasteiger partial charge in [-0.05, 0) is 84.4 Å². The van der Waals surface area contributed by atoms with Crippen molar-refractivity contribution in [2.45, 2.75) is 13.5 Å². The first kappa shape index (κ1) is 25.3. The lowest BCUT2D eigenvalue weighted by Crippen LogP contribution is -2.28. The Morgan fingerprint density at radius 2 is 1.81 bits per heavy atom. The summed E-state index contributed by atoms with van der Waals surface area (Å²) in [5.41, 5.74) is 2.50. The van der Waals surface area contributed by atoms with Crippen molar-refractivity contribution in [3.8, 4) is 11.5 Å². The van der Waals surface area contributed by atoms with Crippen LogP contribution >= 0.6 is 23.4 Å². The van der Waals surface area contributed by atoms with E-state index in [-0.39, 0.29) is 11.5 Å². The summed E-state index contributed by atoms with van der Waals surface area (Å²) in [7, 11) is 1.57. The minimum atomic E-state index is -1.00. The summed E-state index contributed by atoms with van der Waals surface area (Å²) in [6, 6.07) is 19.1. The van der Waals surface area contributed by atoms with Gasteiger partial charge >= 0.3 is 5.97 Å². The van der Waals surface area contributed by atoms with Gasteiger partial charge in [-0.25, -0.2) is 9.79 Å². The van der Waals surface area contributed by atoms with Crippen LogP contribution in [0.3, 0.4) is 0 Å². The number of carbonyl (C=O) groups is 2. The van der Waals surface area contributed by atoms with Crippen LogP contribution < -0.4 is 9.47 Å². The van der Waals surface area contributed by atoms with E-state index in [4.69, 9.17) is 26.2 Å². The molecule has 1 amide bonds. The van der Waals surface area contributed by atoms with Gasteiger partial charge in [0.15, 0.2) is 16.7 Å². The summed E-state index contributed by atoms with van der Waals surface area (Å²) in [5, 5.41) is 10.3. The maximum Gasteiger partial charge on any atom is 0.335 e. The smallest absolute Gasteiger partial charge is 0.335 e. The highest BCUT2D eigenvalue weighted by Crippen LogP contribution is 2.36. The minimum Gasteiger partial charge on any atom is -0.493 e. The Morgan fingerprint density at radius 1 is 1.08 bits per heavy atom. The number of rotatable bonds is 8. The number of methoxy groups -OCH3 is 1. The number of carboxylic acids is 1. The van der Waals surface area contributed by atoms with Crippen LogP contribution in [0, 0.1) is 0 Å². The highest BCUT2D eigenvalue weighted by Gasteiger charge is 2.32. The van der Waals surface area contributed by atoms with E-state index >= 15 is 0 Å². The van der Waals surface area contributed by atoms with Gasteiger partial charge in [-0.3, -0.25) is 9.69 Å². The molecule has 0 aromatic heterocycles. The molecule has 0 atom stereocenters. The molecule has 4 rings (SSSR count). The average molecular weight is 523 g/mol. The van der Waals surface area contributed by atoms with Gasteiger partial charge in [0.1, 0.15) is 6.61 Å². The molecule has 1 saturated heterocycles. The first-order valence-corrected chi connectivity index (χ1v) is 12.3. The van der Waals surface area contributed by atoms with Crippen molar-refractivity contribution in [3.05, 3.63) is 93.3 Å². The number of amidine groups is 1. The normalized spacial score (nSPS) is 15.5. The fraction of sp³-hybridized carbons (Fsp3) is 0.148. The minimum absolute atomic E-state index is 0.148. The van der Waals surface area contributed by atoms with Gasteiger partial charge in [0, 0.05) is 11.6 Å². The molecule has 0 aliphatic carbocycles. The monoisotopic (exact) mass is 522 g/mol. The lowest BCUT2D eigenvalue weighted by molar-refractivity contribution is -0.122. The van der Waals surface area contributed by atoms with Crippen molar-refractivity contribution in [2.24, 2.45) is 4.99 Å². The summed E-state index contributed by atoms with van der Waals surface area (Å²) in [6.45, 7) is 2.69. The summed E-state index contributed by atoms with van der Waals surface area (Å²) >= 11 is 7.20. The van der Waals surface area contributed by atoms with Gasteiger partial charge in [-0.15, -0.1) is 0 Å². The first-order chi connectivity index (χ1) is 17.4. The largest absolute Gasteiger partial charge is 0.493 e. The van der Waals surface area contributed by atoms with Crippen LogP contribution in [0.2, 0.25) is 5.02 Å². The number of thioether (sulfide) groups is 1. The number of halogens is 1. The van der Waals surface area contributed by atoms with E-state index in [9.17, 15) is 9.59 Å². The van der Waals surface area contributed by atoms with Crippen molar-refractivity contribution >= 4 is 52.2 Å². The number of carbonyl (C=O) groups excluding carboxylic acids is 1. The number of ether oxygens (including phenoxy) is 2. The lowest BCUT2D eigenvalue weighted by atomic mass is 10.1. The van der Waals surface area contributed by atoms with Crippen LogP contribution in [0.25, 0.3) is 6.08 Å². The molecule has 9 heteroatoms. The van der Waals surface area contributed by atoms with E-state index in [1.807, 2.05) is 49.4 Å². The van der Waals surface area contributed by atoms with Gasteiger partial charge in [-0.1, -0.05) is 29.8 Å². The Balaban J connectivity index is 1.53. The molecule has 7 nitrogen and oxygen atoms in total. The number of benzene rings is 3. The second-order valence-corrected chi connectivity index (χ2v) is 9.18. The Kier molecular flexibility index (Phi) is 7.97. The lowest BCUT2D eigenvalue weighted by Gasteiger charge is -2.12. The number of aliphatic imine (C=N–C) groups is 1. The maximum absolute atomic E-state index is 13.0. The number of nitrogens with zero attached hydrogens (tertiary/aromatic N) is 2. The summed E-state index contributed by atoms with van der Waals surface area (Å²) < 4.78 is 11.4. The molecule has 1 aliphatic heterocycles. The first-order valence-electron chi connectivity index (χ1n) is 11.1. The molecule has 0 spiro atoms. The van der Waals surface area contributed by atoms with Gasteiger partial charge in [0.25, 0.3) is 5.91 Å². The fourth-order valence-electron chi connectivity index (χ4n) is 3.45. The second-order valence-electron chi connectivity index (χ2n) is 7.73. The SMILES string of the molecule is CCN1C(=O)/C(=C/c2ccc(OCc3ccc(Cl)cc3)c(OC)c2)SC1=Nc1ccc(C(=O)O)cc1. The van der Waals surface area contributed by atoms with Crippen molar-refractivity contribution in [1.29, 1.82) is 0 Å². The van der Waals surface area contributed by atoms with Crippen molar-refractivity contribution in [1.82, 2.24) is 4.90 Å². The zero-order chi connectivity index (χ0) is 25.7. The molecule has 0 saturated carbocycles. The molecule has 3 aromatic carbocycles. The van der Waals surface area contributed by atoms with E-state index in [1.165, 1.54) is 23.9 Å². The highest BCUT2D eigenvalue weighted by molar-refractivity contribution is 8.18. The van der Waals surface area contributed by atoms with Gasteiger partial charge < -0.3 is 14.6 Å². The molecule has 1 heterocycles. The highest BCUT2D eigenvalue weighted by atomic mass is 35.5. The number of aromatic carboxylic acids is 1. The average Bonchev–Trinajstić information content (AvgIpc) is 3.17. The molecule has 3 aromatic rings. The molecule has 1 N–H and O–H groups in total. The van der Waals surface area contributed by atoms with Crippen LogP contribution in [0.1, 0.15) is 28.4 Å². The van der Waals surface area contributed by atoms with Gasteiger partial charge in [0.2, 0.25) is 0 Å². The number of amides is 1. The van der Waals surface area contributed by atoms with Crippen molar-refractivity contribution in [3.63, 3.8) is 0 Å². The van der Waals surface area contributed by atoms with E-state index in [1.54, 1.807) is 30.2 Å². The van der Waals surface area contributed by atoms with Crippen molar-refractivity contribution < 1.29 is 24.2 Å². The zero-order valence-corrected chi connectivity index (χ0v) is 21.2. The molecular weight excluding hydrogens is 500 g/mol. The predicted molar refractivity (Wildman–Crippen MR) is 142 cm³/mol. The summed E-state index contributed by atoms with van der Waals surface area (Å²) in [5.74, 6) is -0.0157. The third-order valence-electron chi connectivity index (χ3n) is 5.34. The quantitative estimate of drug-likeness (QED) is 0.352. The fourth-order valence-corrected chi connectivity index (χ4v) is 4.63. The van der Waals surface area contributed by atoms with Crippen LogP contribution in [-0.4, -0.2) is 40.7 Å². The topological polar surface area (TPSA) is 88.4 Å². The zero-order valence-electron chi connectivity index (χ0n) is 19.6. The second kappa shape index (κ2) is 11.3. The summed E-state index contributed by atoms with van der Waals surface area (Å²) in [4.78, 5) is 30.7. The number of carboxylic acid groups (broad SMARTS) is 1. The van der Waals surface area contributed by atoms with Gasteiger partial charge in [-0.2, -0.15) is 0 Å². The van der Waals surface area contributed by atoms with Gasteiger partial charge in [0.05, 0.1) is 23.3 Å². The maximum atomic E-state index is 13.0. The molecule has 1 aliphatic rings. The molecule has 0 bridgehead atoms. The Bertz CT molecular complexity index is 1340. The molecule has 0 unspecified atom stereocenters. The Hall–Kier alpha value is -3.75. The third-order valence-corrected chi connectivity index (χ3v) is 6.59. The van der Waals surface area contributed by atoms with Crippen molar-refractivity contribution in [2.75, 3.05) is 13.7 Å². The number of hydrogen-bond acceptors (Lipinski definition) is 6. The van der Waals surface area contributed by atoms with Crippen LogP contribution in [0.15, 0.2) is 76.6 Å². The molecule has 184 valence electrons. The Morgan fingerprint density at radius 3 is 2.44 bits per heavy atom.